The number of halogens is 1. The van der Waals surface area contributed by atoms with Crippen LogP contribution in [0.1, 0.15) is 39.3 Å². The Hall–Kier alpha value is -2.14. The molecule has 0 spiro atoms. The number of hydrogen-bond donors (Lipinski definition) is 1. The molecule has 1 atom stereocenters. The fourth-order valence-electron chi connectivity index (χ4n) is 3.12. The van der Waals surface area contributed by atoms with Crippen molar-refractivity contribution in [1.29, 1.82) is 0 Å². The van der Waals surface area contributed by atoms with Crippen LogP contribution < -0.4 is 4.72 Å². The van der Waals surface area contributed by atoms with E-state index in [1.54, 1.807) is 63.1 Å². The Morgan fingerprint density at radius 2 is 1.82 bits per heavy atom. The summed E-state index contributed by atoms with van der Waals surface area (Å²) >= 11 is 3.31. The molecule has 10 heteroatoms. The Kier molecular flexibility index (Phi) is 10.4. The van der Waals surface area contributed by atoms with Crippen molar-refractivity contribution in [1.82, 2.24) is 4.90 Å². The highest BCUT2D eigenvalue weighted by molar-refractivity contribution is 9.10. The van der Waals surface area contributed by atoms with Gasteiger partial charge in [0.1, 0.15) is 5.60 Å². The lowest BCUT2D eigenvalue weighted by Gasteiger charge is -2.33. The summed E-state index contributed by atoms with van der Waals surface area (Å²) < 4.78 is 45.6. The highest BCUT2D eigenvalue weighted by atomic mass is 79.9. The lowest BCUT2D eigenvalue weighted by atomic mass is 10.1. The van der Waals surface area contributed by atoms with Crippen molar-refractivity contribution in [2.75, 3.05) is 38.2 Å². The van der Waals surface area contributed by atoms with Crippen LogP contribution >= 0.6 is 15.9 Å². The third-order valence-electron chi connectivity index (χ3n) is 4.67. The fourth-order valence-corrected chi connectivity index (χ4v) is 4.43. The zero-order chi connectivity index (χ0) is 25.4. The summed E-state index contributed by atoms with van der Waals surface area (Å²) in [5.74, 6) is 0. The van der Waals surface area contributed by atoms with E-state index in [2.05, 4.69) is 20.7 Å². The molecule has 0 aliphatic heterocycles. The summed E-state index contributed by atoms with van der Waals surface area (Å²) in [4.78, 5) is 14.7. The Balaban J connectivity index is 2.38. The zero-order valence-electron chi connectivity index (χ0n) is 20.2. The van der Waals surface area contributed by atoms with Crippen LogP contribution in [-0.4, -0.2) is 58.5 Å². The molecule has 0 saturated carbocycles. The Bertz CT molecular complexity index is 1040. The maximum absolute atomic E-state index is 13.0. The van der Waals surface area contributed by atoms with Gasteiger partial charge >= 0.3 is 6.09 Å². The van der Waals surface area contributed by atoms with Gasteiger partial charge in [-0.05, 0) is 69.7 Å². The SMILES string of the molecule is CCOCC(c1cccc(NS(=O)(=O)c2ccc(Br)cc2)c1)N(CCOC)C(=O)OC(C)(C)C. The molecule has 1 unspecified atom stereocenters. The van der Waals surface area contributed by atoms with Crippen LogP contribution in [0.2, 0.25) is 0 Å². The van der Waals surface area contributed by atoms with Crippen molar-refractivity contribution in [3.63, 3.8) is 0 Å². The number of carbonyl (C=O) groups is 1. The number of nitrogens with zero attached hydrogens (tertiary/aromatic N) is 1. The van der Waals surface area contributed by atoms with Gasteiger partial charge in [-0.3, -0.25) is 9.62 Å². The van der Waals surface area contributed by atoms with Gasteiger partial charge < -0.3 is 14.2 Å². The highest BCUT2D eigenvalue weighted by Crippen LogP contribution is 2.27. The number of carbonyl (C=O) groups excluding carboxylic acids is 1. The van der Waals surface area contributed by atoms with Crippen LogP contribution in [0.3, 0.4) is 0 Å². The standard InChI is InChI=1S/C24H33BrN2O6S/c1-6-32-17-22(27(14-15-31-5)23(28)33-24(2,3)4)18-8-7-9-20(16-18)26-34(29,30)21-12-10-19(25)11-13-21/h7-13,16,22,26H,6,14-15,17H2,1-5H3. The average molecular weight is 558 g/mol. The molecule has 2 rings (SSSR count). The van der Waals surface area contributed by atoms with E-state index in [0.29, 0.717) is 24.5 Å². The minimum atomic E-state index is -3.79. The van der Waals surface area contributed by atoms with Gasteiger partial charge in [0.25, 0.3) is 10.0 Å². The fraction of sp³-hybridized carbons (Fsp3) is 0.458. The van der Waals surface area contributed by atoms with Gasteiger partial charge in [-0.25, -0.2) is 13.2 Å². The Morgan fingerprint density at radius 1 is 1.15 bits per heavy atom. The van der Waals surface area contributed by atoms with Crippen molar-refractivity contribution < 1.29 is 27.4 Å². The summed E-state index contributed by atoms with van der Waals surface area (Å²) in [5, 5.41) is 0. The summed E-state index contributed by atoms with van der Waals surface area (Å²) in [6.07, 6.45) is -0.505. The van der Waals surface area contributed by atoms with E-state index in [0.717, 1.165) is 4.47 Å². The molecule has 1 N–H and O–H groups in total. The minimum absolute atomic E-state index is 0.141. The lowest BCUT2D eigenvalue weighted by molar-refractivity contribution is -0.00449. The van der Waals surface area contributed by atoms with Crippen molar-refractivity contribution >= 4 is 37.7 Å². The first-order valence-corrected chi connectivity index (χ1v) is 13.2. The molecule has 0 aliphatic carbocycles. The second-order valence-electron chi connectivity index (χ2n) is 8.53. The van der Waals surface area contributed by atoms with Crippen LogP contribution in [-0.2, 0) is 24.2 Å². The predicted molar refractivity (Wildman–Crippen MR) is 135 cm³/mol. The van der Waals surface area contributed by atoms with E-state index in [1.165, 1.54) is 12.1 Å². The number of sulfonamides is 1. The molecule has 0 radical (unpaired) electrons. The largest absolute Gasteiger partial charge is 0.444 e. The number of nitrogens with one attached hydrogen (secondary N) is 1. The lowest BCUT2D eigenvalue weighted by Crippen LogP contribution is -2.42. The van der Waals surface area contributed by atoms with Gasteiger partial charge in [0.2, 0.25) is 0 Å². The number of methoxy groups -OCH3 is 1. The van der Waals surface area contributed by atoms with E-state index < -0.39 is 27.8 Å². The van der Waals surface area contributed by atoms with Crippen LogP contribution in [0.15, 0.2) is 57.9 Å². The van der Waals surface area contributed by atoms with Crippen molar-refractivity contribution in [3.8, 4) is 0 Å². The molecule has 188 valence electrons. The molecule has 2 aromatic carbocycles. The third-order valence-corrected chi connectivity index (χ3v) is 6.59. The number of rotatable bonds is 11. The van der Waals surface area contributed by atoms with Crippen LogP contribution in [0.5, 0.6) is 0 Å². The van der Waals surface area contributed by atoms with Crippen molar-refractivity contribution in [2.45, 2.75) is 44.2 Å². The molecule has 34 heavy (non-hydrogen) atoms. The van der Waals surface area contributed by atoms with Gasteiger partial charge in [-0.1, -0.05) is 28.1 Å². The number of ether oxygens (including phenoxy) is 3. The number of hydrogen-bond acceptors (Lipinski definition) is 6. The van der Waals surface area contributed by atoms with Gasteiger partial charge in [-0.2, -0.15) is 0 Å². The number of benzene rings is 2. The maximum atomic E-state index is 13.0. The van der Waals surface area contributed by atoms with E-state index >= 15 is 0 Å². The second kappa shape index (κ2) is 12.5. The van der Waals surface area contributed by atoms with Crippen molar-refractivity contribution in [2.24, 2.45) is 0 Å². The van der Waals surface area contributed by atoms with Crippen LogP contribution in [0, 0.1) is 0 Å². The van der Waals surface area contributed by atoms with E-state index in [1.807, 2.05) is 13.0 Å². The zero-order valence-corrected chi connectivity index (χ0v) is 22.6. The molecular weight excluding hydrogens is 524 g/mol. The number of amides is 1. The second-order valence-corrected chi connectivity index (χ2v) is 11.1. The monoisotopic (exact) mass is 556 g/mol. The molecule has 1 amide bonds. The summed E-state index contributed by atoms with van der Waals surface area (Å²) in [5.41, 5.74) is 0.394. The van der Waals surface area contributed by atoms with Gasteiger partial charge in [0, 0.05) is 30.4 Å². The van der Waals surface area contributed by atoms with E-state index in [4.69, 9.17) is 14.2 Å². The molecule has 0 aliphatic rings. The third kappa shape index (κ3) is 8.57. The van der Waals surface area contributed by atoms with Gasteiger partial charge in [0.05, 0.1) is 24.2 Å². The van der Waals surface area contributed by atoms with Crippen LogP contribution in [0.4, 0.5) is 10.5 Å². The van der Waals surface area contributed by atoms with E-state index in [-0.39, 0.29) is 18.0 Å². The van der Waals surface area contributed by atoms with Crippen LogP contribution in [0.25, 0.3) is 0 Å². The highest BCUT2D eigenvalue weighted by Gasteiger charge is 2.30. The van der Waals surface area contributed by atoms with Gasteiger partial charge in [-0.15, -0.1) is 0 Å². The molecule has 0 fully saturated rings. The minimum Gasteiger partial charge on any atom is -0.444 e. The normalized spacial score (nSPS) is 12.8. The predicted octanol–water partition coefficient (Wildman–Crippen LogP) is 5.21. The summed E-state index contributed by atoms with van der Waals surface area (Å²) in [6, 6.07) is 12.8. The van der Waals surface area contributed by atoms with Gasteiger partial charge in [0.15, 0.2) is 0 Å². The smallest absolute Gasteiger partial charge is 0.410 e. The molecule has 2 aromatic rings. The molecular formula is C24H33BrN2O6S. The molecule has 0 heterocycles. The number of anilines is 1. The first-order chi connectivity index (χ1) is 16.0. The van der Waals surface area contributed by atoms with E-state index in [9.17, 15) is 13.2 Å². The molecule has 0 aromatic heterocycles. The summed E-state index contributed by atoms with van der Waals surface area (Å²) in [6.45, 7) is 8.52. The molecule has 0 saturated heterocycles. The quantitative estimate of drug-likeness (QED) is 0.408. The Labute approximate surface area is 210 Å². The average Bonchev–Trinajstić information content (AvgIpc) is 2.75. The first kappa shape index (κ1) is 28.1. The molecule has 0 bridgehead atoms. The Morgan fingerprint density at radius 3 is 2.41 bits per heavy atom. The topological polar surface area (TPSA) is 94.2 Å². The maximum Gasteiger partial charge on any atom is 0.410 e. The van der Waals surface area contributed by atoms with Crippen molar-refractivity contribution in [3.05, 3.63) is 58.6 Å². The molecule has 8 nitrogen and oxygen atoms in total. The first-order valence-electron chi connectivity index (χ1n) is 10.9. The summed E-state index contributed by atoms with van der Waals surface area (Å²) in [7, 11) is -2.23.